The van der Waals surface area contributed by atoms with E-state index >= 15 is 0 Å². The quantitative estimate of drug-likeness (QED) is 0.857. The third-order valence-corrected chi connectivity index (χ3v) is 2.46. The van der Waals surface area contributed by atoms with E-state index < -0.39 is 0 Å². The Kier molecular flexibility index (Phi) is 10.5. The molecule has 3 heteroatoms. The minimum absolute atomic E-state index is 0.709. The molecule has 96 valence electrons. The molecule has 1 saturated heterocycles. The van der Waals surface area contributed by atoms with Gasteiger partial charge >= 0.3 is 0 Å². The maximum Gasteiger partial charge on any atom is 0.106 e. The Morgan fingerprint density at radius 1 is 1.35 bits per heavy atom. The van der Waals surface area contributed by atoms with Crippen molar-refractivity contribution in [2.75, 3.05) is 20.2 Å². The van der Waals surface area contributed by atoms with Crippen molar-refractivity contribution in [3.05, 3.63) is 35.9 Å². The zero-order chi connectivity index (χ0) is 12.9. The van der Waals surface area contributed by atoms with Crippen molar-refractivity contribution >= 4 is 6.79 Å². The van der Waals surface area contributed by atoms with Gasteiger partial charge in [-0.15, -0.1) is 0 Å². The van der Waals surface area contributed by atoms with Gasteiger partial charge in [0.05, 0.1) is 6.61 Å². The van der Waals surface area contributed by atoms with Crippen LogP contribution in [0.3, 0.4) is 0 Å². The van der Waals surface area contributed by atoms with Gasteiger partial charge in [-0.1, -0.05) is 37.3 Å². The summed E-state index contributed by atoms with van der Waals surface area (Å²) in [5, 5.41) is 3.27. The smallest absolute Gasteiger partial charge is 0.106 e. The van der Waals surface area contributed by atoms with Crippen LogP contribution in [0.1, 0.15) is 18.9 Å². The van der Waals surface area contributed by atoms with Crippen molar-refractivity contribution < 1.29 is 9.53 Å². The summed E-state index contributed by atoms with van der Waals surface area (Å²) < 4.78 is 4.93. The van der Waals surface area contributed by atoms with Gasteiger partial charge in [0.1, 0.15) is 6.79 Å². The normalized spacial score (nSPS) is 17.4. The molecule has 1 aromatic carbocycles. The summed E-state index contributed by atoms with van der Waals surface area (Å²) in [7, 11) is 1.70. The number of benzene rings is 1. The minimum Gasteiger partial charge on any atom is -0.380 e. The van der Waals surface area contributed by atoms with Gasteiger partial charge in [0, 0.05) is 7.11 Å². The highest BCUT2D eigenvalue weighted by molar-refractivity contribution is 5.13. The number of nitrogens with one attached hydrogen (secondary N) is 1. The minimum atomic E-state index is 0.709. The molecule has 2 rings (SSSR count). The molecule has 0 aliphatic carbocycles. The van der Waals surface area contributed by atoms with Crippen LogP contribution in [0.2, 0.25) is 0 Å². The molecule has 1 fully saturated rings. The predicted molar refractivity (Wildman–Crippen MR) is 70.9 cm³/mol. The summed E-state index contributed by atoms with van der Waals surface area (Å²) in [6.45, 7) is 7.46. The Balaban J connectivity index is 0.000000278. The van der Waals surface area contributed by atoms with Gasteiger partial charge in [-0.05, 0) is 31.0 Å². The fourth-order valence-corrected chi connectivity index (χ4v) is 1.54. The van der Waals surface area contributed by atoms with E-state index in [4.69, 9.17) is 9.53 Å². The number of rotatable bonds is 2. The fourth-order valence-electron chi connectivity index (χ4n) is 1.54. The van der Waals surface area contributed by atoms with Gasteiger partial charge < -0.3 is 14.8 Å². The molecule has 1 heterocycles. The molecule has 0 radical (unpaired) electrons. The molecule has 0 spiro atoms. The maximum atomic E-state index is 8.00. The lowest BCUT2D eigenvalue weighted by atomic mass is 10.2. The second kappa shape index (κ2) is 11.3. The van der Waals surface area contributed by atoms with Crippen LogP contribution in [0, 0.1) is 5.92 Å². The molecule has 0 bridgehead atoms. The summed E-state index contributed by atoms with van der Waals surface area (Å²) >= 11 is 0. The highest BCUT2D eigenvalue weighted by Gasteiger charge is 2.06. The van der Waals surface area contributed by atoms with E-state index in [-0.39, 0.29) is 0 Å². The summed E-state index contributed by atoms with van der Waals surface area (Å²) in [4.78, 5) is 8.00. The lowest BCUT2D eigenvalue weighted by molar-refractivity contribution is -0.0979. The maximum absolute atomic E-state index is 8.00. The van der Waals surface area contributed by atoms with E-state index in [0.29, 0.717) is 6.61 Å². The molecule has 1 unspecified atom stereocenters. The highest BCUT2D eigenvalue weighted by atomic mass is 16.5. The first-order valence-corrected chi connectivity index (χ1v) is 5.85. The van der Waals surface area contributed by atoms with Crippen LogP contribution < -0.4 is 5.32 Å². The van der Waals surface area contributed by atoms with Crippen LogP contribution in [0.4, 0.5) is 0 Å². The van der Waals surface area contributed by atoms with Crippen molar-refractivity contribution in [1.29, 1.82) is 0 Å². The standard InChI is InChI=1S/C8H10O.C5H11N.CH2O/c1-9-7-8-5-3-2-4-6-8;1-5-2-3-6-4-5;1-2/h2-6H,7H2,1H3;5-6H,2-4H2,1H3;1H2. The molecule has 1 aliphatic rings. The summed E-state index contributed by atoms with van der Waals surface area (Å²) in [6, 6.07) is 10.1. The summed E-state index contributed by atoms with van der Waals surface area (Å²) in [6.07, 6.45) is 1.38. The monoisotopic (exact) mass is 237 g/mol. The van der Waals surface area contributed by atoms with Gasteiger partial charge in [0.15, 0.2) is 0 Å². The first-order chi connectivity index (χ1) is 8.33. The first-order valence-electron chi connectivity index (χ1n) is 5.85. The summed E-state index contributed by atoms with van der Waals surface area (Å²) in [5.74, 6) is 0.935. The Bertz CT molecular complexity index is 258. The second-order valence-corrected chi connectivity index (χ2v) is 4.02. The molecule has 1 N–H and O–H groups in total. The topological polar surface area (TPSA) is 38.3 Å². The first kappa shape index (κ1) is 15.8. The van der Waals surface area contributed by atoms with E-state index in [1.54, 1.807) is 7.11 Å². The van der Waals surface area contributed by atoms with Crippen molar-refractivity contribution in [3.8, 4) is 0 Å². The third-order valence-electron chi connectivity index (χ3n) is 2.46. The molecular formula is C14H23NO2. The summed E-state index contributed by atoms with van der Waals surface area (Å²) in [5.41, 5.74) is 1.22. The molecule has 0 amide bonds. The highest BCUT2D eigenvalue weighted by Crippen LogP contribution is 2.03. The van der Waals surface area contributed by atoms with Crippen LogP contribution in [-0.4, -0.2) is 27.0 Å². The SMILES string of the molecule is C=O.CC1CCNC1.COCc1ccccc1. The van der Waals surface area contributed by atoms with Crippen molar-refractivity contribution in [1.82, 2.24) is 5.32 Å². The Labute approximate surface area is 104 Å². The van der Waals surface area contributed by atoms with Gasteiger partial charge in [-0.2, -0.15) is 0 Å². The van der Waals surface area contributed by atoms with Gasteiger partial charge in [0.25, 0.3) is 0 Å². The molecule has 1 atom stereocenters. The van der Waals surface area contributed by atoms with E-state index in [1.807, 2.05) is 37.1 Å². The zero-order valence-electron chi connectivity index (χ0n) is 10.8. The van der Waals surface area contributed by atoms with Crippen LogP contribution in [0.5, 0.6) is 0 Å². The third kappa shape index (κ3) is 8.60. The number of methoxy groups -OCH3 is 1. The van der Waals surface area contributed by atoms with Crippen molar-refractivity contribution in [2.45, 2.75) is 20.0 Å². The average Bonchev–Trinajstić information content (AvgIpc) is 2.85. The average molecular weight is 237 g/mol. The zero-order valence-corrected chi connectivity index (χ0v) is 10.8. The van der Waals surface area contributed by atoms with Crippen LogP contribution in [0.25, 0.3) is 0 Å². The molecule has 1 aliphatic heterocycles. The Morgan fingerprint density at radius 3 is 2.35 bits per heavy atom. The number of carbonyl (C=O) groups excluding carboxylic acids is 1. The Hall–Kier alpha value is -1.19. The lowest BCUT2D eigenvalue weighted by Gasteiger charge is -1.95. The molecule has 0 aromatic heterocycles. The lowest BCUT2D eigenvalue weighted by Crippen LogP contribution is -2.06. The van der Waals surface area contributed by atoms with E-state index in [9.17, 15) is 0 Å². The molecule has 1 aromatic rings. The second-order valence-electron chi connectivity index (χ2n) is 4.02. The largest absolute Gasteiger partial charge is 0.380 e. The van der Waals surface area contributed by atoms with E-state index in [2.05, 4.69) is 12.2 Å². The van der Waals surface area contributed by atoms with Gasteiger partial charge in [-0.25, -0.2) is 0 Å². The van der Waals surface area contributed by atoms with Crippen LogP contribution in [0.15, 0.2) is 30.3 Å². The molecule has 17 heavy (non-hydrogen) atoms. The molecule has 0 saturated carbocycles. The number of carbonyl (C=O) groups is 1. The molecular weight excluding hydrogens is 214 g/mol. The fraction of sp³-hybridized carbons (Fsp3) is 0.500. The van der Waals surface area contributed by atoms with Gasteiger partial charge in [-0.3, -0.25) is 0 Å². The number of ether oxygens (including phenoxy) is 1. The molecule has 3 nitrogen and oxygen atoms in total. The van der Waals surface area contributed by atoms with Crippen LogP contribution in [-0.2, 0) is 16.1 Å². The Morgan fingerprint density at radius 2 is 2.00 bits per heavy atom. The number of hydrogen-bond acceptors (Lipinski definition) is 3. The van der Waals surface area contributed by atoms with Crippen LogP contribution >= 0.6 is 0 Å². The van der Waals surface area contributed by atoms with Gasteiger partial charge in [0.2, 0.25) is 0 Å². The van der Waals surface area contributed by atoms with Crippen molar-refractivity contribution in [2.24, 2.45) is 5.92 Å². The van der Waals surface area contributed by atoms with E-state index in [0.717, 1.165) is 5.92 Å². The van der Waals surface area contributed by atoms with Crippen molar-refractivity contribution in [3.63, 3.8) is 0 Å². The number of hydrogen-bond donors (Lipinski definition) is 1. The van der Waals surface area contributed by atoms with E-state index in [1.165, 1.54) is 25.1 Å². The predicted octanol–water partition coefficient (Wildman–Crippen LogP) is 2.26.